The summed E-state index contributed by atoms with van der Waals surface area (Å²) in [5, 5.41) is 15.3. The molecule has 2 aliphatic heterocycles. The summed E-state index contributed by atoms with van der Waals surface area (Å²) in [4.78, 5) is 31.5. The van der Waals surface area contributed by atoms with E-state index in [1.54, 1.807) is 12.1 Å². The summed E-state index contributed by atoms with van der Waals surface area (Å²) in [7, 11) is 1.83. The maximum Gasteiger partial charge on any atom is 0.414 e. The second-order valence-electron chi connectivity index (χ2n) is 6.12. The largest absolute Gasteiger partial charge is 0.483 e. The SMILES string of the molecule is CC(=O)NC[C@H]1CN(c2ccc3c(c2)OCC(=NOCCO)N3C)C(=O)O1. The molecule has 27 heavy (non-hydrogen) atoms. The van der Waals surface area contributed by atoms with Crippen LogP contribution in [0.2, 0.25) is 0 Å². The normalized spacial score (nSPS) is 20.2. The second-order valence-corrected chi connectivity index (χ2v) is 6.12. The van der Waals surface area contributed by atoms with Gasteiger partial charge in [0.05, 0.1) is 31.1 Å². The molecule has 2 aliphatic rings. The summed E-state index contributed by atoms with van der Waals surface area (Å²) in [5.41, 5.74) is 1.42. The number of hydrogen-bond donors (Lipinski definition) is 2. The fourth-order valence-electron chi connectivity index (χ4n) is 2.79. The van der Waals surface area contributed by atoms with Gasteiger partial charge in [-0.25, -0.2) is 4.79 Å². The fourth-order valence-corrected chi connectivity index (χ4v) is 2.79. The molecule has 1 aromatic carbocycles. The Morgan fingerprint density at radius 2 is 2.30 bits per heavy atom. The van der Waals surface area contributed by atoms with Gasteiger partial charge in [0.2, 0.25) is 5.91 Å². The maximum absolute atomic E-state index is 12.1. The highest BCUT2D eigenvalue weighted by Crippen LogP contribution is 2.36. The Bertz CT molecular complexity index is 753. The van der Waals surface area contributed by atoms with E-state index in [9.17, 15) is 9.59 Å². The molecule has 0 aliphatic carbocycles. The first kappa shape index (κ1) is 18.8. The van der Waals surface area contributed by atoms with Crippen LogP contribution in [0.15, 0.2) is 23.4 Å². The molecule has 10 nitrogen and oxygen atoms in total. The number of rotatable bonds is 6. The van der Waals surface area contributed by atoms with Crippen molar-refractivity contribution < 1.29 is 29.0 Å². The van der Waals surface area contributed by atoms with Crippen molar-refractivity contribution in [3.8, 4) is 5.75 Å². The number of nitrogens with one attached hydrogen (secondary N) is 1. The summed E-state index contributed by atoms with van der Waals surface area (Å²) < 4.78 is 11.0. The average Bonchev–Trinajstić information content (AvgIpc) is 3.02. The summed E-state index contributed by atoms with van der Waals surface area (Å²) in [6, 6.07) is 5.37. The maximum atomic E-state index is 12.1. The van der Waals surface area contributed by atoms with Crippen molar-refractivity contribution in [1.82, 2.24) is 5.32 Å². The van der Waals surface area contributed by atoms with Crippen molar-refractivity contribution >= 4 is 29.2 Å². The molecule has 0 bridgehead atoms. The third-order valence-electron chi connectivity index (χ3n) is 4.17. The summed E-state index contributed by atoms with van der Waals surface area (Å²) in [6.07, 6.45) is -0.863. The zero-order valence-corrected chi connectivity index (χ0v) is 15.2. The molecule has 0 radical (unpaired) electrons. The van der Waals surface area contributed by atoms with Gasteiger partial charge in [-0.05, 0) is 12.1 Å². The number of benzene rings is 1. The Morgan fingerprint density at radius 1 is 1.48 bits per heavy atom. The van der Waals surface area contributed by atoms with E-state index < -0.39 is 12.2 Å². The molecule has 2 heterocycles. The van der Waals surface area contributed by atoms with Crippen LogP contribution in [0, 0.1) is 0 Å². The average molecular weight is 378 g/mol. The predicted molar refractivity (Wildman–Crippen MR) is 97.1 cm³/mol. The van der Waals surface area contributed by atoms with Crippen LogP contribution in [-0.2, 0) is 14.4 Å². The van der Waals surface area contributed by atoms with E-state index in [4.69, 9.17) is 19.4 Å². The van der Waals surface area contributed by atoms with Gasteiger partial charge in [-0.1, -0.05) is 5.16 Å². The van der Waals surface area contributed by atoms with Crippen LogP contribution in [0.1, 0.15) is 6.92 Å². The Kier molecular flexibility index (Phi) is 5.65. The minimum atomic E-state index is -0.464. The highest BCUT2D eigenvalue weighted by Gasteiger charge is 2.33. The Hall–Kier alpha value is -3.01. The predicted octanol–water partition coefficient (Wildman–Crippen LogP) is 0.299. The van der Waals surface area contributed by atoms with Gasteiger partial charge in [-0.15, -0.1) is 0 Å². The van der Waals surface area contributed by atoms with E-state index in [2.05, 4.69) is 10.5 Å². The lowest BCUT2D eigenvalue weighted by atomic mass is 10.2. The van der Waals surface area contributed by atoms with E-state index in [1.165, 1.54) is 11.8 Å². The van der Waals surface area contributed by atoms with Crippen LogP contribution in [0.5, 0.6) is 5.75 Å². The first-order valence-corrected chi connectivity index (χ1v) is 8.52. The van der Waals surface area contributed by atoms with Crippen LogP contribution in [-0.4, -0.2) is 69.0 Å². The molecule has 3 rings (SSSR count). The molecule has 0 saturated carbocycles. The minimum absolute atomic E-state index is 0.111. The van der Waals surface area contributed by atoms with Gasteiger partial charge in [0.25, 0.3) is 0 Å². The smallest absolute Gasteiger partial charge is 0.414 e. The van der Waals surface area contributed by atoms with Gasteiger partial charge in [-0.3, -0.25) is 9.69 Å². The number of hydrogen-bond acceptors (Lipinski definition) is 7. The molecule has 0 aromatic heterocycles. The quantitative estimate of drug-likeness (QED) is 0.541. The van der Waals surface area contributed by atoms with Crippen LogP contribution in [0.4, 0.5) is 16.2 Å². The number of anilines is 2. The number of fused-ring (bicyclic) bond motifs is 1. The highest BCUT2D eigenvalue weighted by molar-refractivity contribution is 6.01. The van der Waals surface area contributed by atoms with Gasteiger partial charge in [0.1, 0.15) is 25.1 Å². The zero-order chi connectivity index (χ0) is 19.4. The summed E-state index contributed by atoms with van der Waals surface area (Å²) in [6.45, 7) is 2.23. The topological polar surface area (TPSA) is 113 Å². The van der Waals surface area contributed by atoms with Crippen LogP contribution >= 0.6 is 0 Å². The van der Waals surface area contributed by atoms with Crippen molar-refractivity contribution in [2.75, 3.05) is 49.8 Å². The van der Waals surface area contributed by atoms with Crippen LogP contribution < -0.4 is 19.9 Å². The number of amides is 2. The van der Waals surface area contributed by atoms with Crippen molar-refractivity contribution in [3.63, 3.8) is 0 Å². The lowest BCUT2D eigenvalue weighted by Gasteiger charge is -2.29. The number of carbonyl (C=O) groups excluding carboxylic acids is 2. The van der Waals surface area contributed by atoms with Crippen LogP contribution in [0.3, 0.4) is 0 Å². The second kappa shape index (κ2) is 8.12. The van der Waals surface area contributed by atoms with Crippen molar-refractivity contribution in [1.29, 1.82) is 0 Å². The standard InChI is InChI=1S/C17H22N4O6/c1-11(23)18-8-13-9-21(17(24)27-13)12-3-4-14-15(7-12)25-10-16(20(14)2)19-26-6-5-22/h3-4,7,13,22H,5-6,8-10H2,1-2H3,(H,18,23)/t13-/m0/s1. The van der Waals surface area contributed by atoms with Gasteiger partial charge in [-0.2, -0.15) is 0 Å². The highest BCUT2D eigenvalue weighted by atomic mass is 16.6. The lowest BCUT2D eigenvalue weighted by Crippen LogP contribution is -2.36. The van der Waals surface area contributed by atoms with Gasteiger partial charge in [0.15, 0.2) is 5.84 Å². The van der Waals surface area contributed by atoms with Crippen molar-refractivity contribution in [2.24, 2.45) is 5.16 Å². The van der Waals surface area contributed by atoms with Crippen LogP contribution in [0.25, 0.3) is 0 Å². The first-order chi connectivity index (χ1) is 13.0. The summed E-state index contributed by atoms with van der Waals surface area (Å²) >= 11 is 0. The minimum Gasteiger partial charge on any atom is -0.483 e. The number of amidine groups is 1. The van der Waals surface area contributed by atoms with E-state index in [1.807, 2.05) is 18.0 Å². The zero-order valence-electron chi connectivity index (χ0n) is 15.2. The Labute approximate surface area is 156 Å². The molecule has 2 amide bonds. The number of nitrogens with zero attached hydrogens (tertiary/aromatic N) is 3. The number of aliphatic hydroxyl groups is 1. The number of cyclic esters (lactones) is 1. The lowest BCUT2D eigenvalue weighted by molar-refractivity contribution is -0.119. The molecular weight excluding hydrogens is 356 g/mol. The summed E-state index contributed by atoms with van der Waals surface area (Å²) in [5.74, 6) is 1.00. The molecule has 10 heteroatoms. The number of oxime groups is 1. The van der Waals surface area contributed by atoms with E-state index >= 15 is 0 Å². The fraction of sp³-hybridized carbons (Fsp3) is 0.471. The van der Waals surface area contributed by atoms with Crippen molar-refractivity contribution in [2.45, 2.75) is 13.0 Å². The van der Waals surface area contributed by atoms with E-state index in [0.29, 0.717) is 23.8 Å². The molecule has 1 aromatic rings. The number of carbonyl (C=O) groups is 2. The molecule has 1 fully saturated rings. The van der Waals surface area contributed by atoms with Crippen molar-refractivity contribution in [3.05, 3.63) is 18.2 Å². The van der Waals surface area contributed by atoms with Gasteiger partial charge in [0, 0.05) is 20.0 Å². The van der Waals surface area contributed by atoms with Gasteiger partial charge >= 0.3 is 6.09 Å². The molecular formula is C17H22N4O6. The van der Waals surface area contributed by atoms with Gasteiger partial charge < -0.3 is 29.6 Å². The molecule has 146 valence electrons. The molecule has 1 saturated heterocycles. The Morgan fingerprint density at radius 3 is 3.04 bits per heavy atom. The number of aliphatic hydroxyl groups excluding tert-OH is 1. The Balaban J connectivity index is 1.71. The third kappa shape index (κ3) is 4.22. The molecule has 1 atom stereocenters. The molecule has 0 spiro atoms. The van der Waals surface area contributed by atoms with E-state index in [-0.39, 0.29) is 32.3 Å². The van der Waals surface area contributed by atoms with E-state index in [0.717, 1.165) is 5.69 Å². The molecule has 0 unspecified atom stereocenters. The first-order valence-electron chi connectivity index (χ1n) is 8.52. The third-order valence-corrected chi connectivity index (χ3v) is 4.17. The number of ether oxygens (including phenoxy) is 2. The molecule has 2 N–H and O–H groups in total. The monoisotopic (exact) mass is 378 g/mol. The number of likely N-dealkylation sites (N-methyl/N-ethyl adjacent to an activating group) is 1.